The maximum atomic E-state index is 13.1. The Bertz CT molecular complexity index is 1770. The van der Waals surface area contributed by atoms with Gasteiger partial charge in [0.15, 0.2) is 12.2 Å². The minimum absolute atomic E-state index is 0.108. The molecule has 0 heterocycles. The van der Waals surface area contributed by atoms with E-state index in [4.69, 9.17) is 37.0 Å². The van der Waals surface area contributed by atoms with Crippen molar-refractivity contribution in [2.45, 2.75) is 412 Å². The van der Waals surface area contributed by atoms with Gasteiger partial charge < -0.3 is 33.8 Å². The molecule has 0 bridgehead atoms. The Hall–Kier alpha value is -1.94. The van der Waals surface area contributed by atoms with E-state index in [1.165, 1.54) is 225 Å². The van der Waals surface area contributed by atoms with E-state index in [-0.39, 0.29) is 25.7 Å². The number of aliphatic hydroxyl groups is 1. The summed E-state index contributed by atoms with van der Waals surface area (Å²) in [6.07, 6.45) is 58.1. The molecular formula is C74H144O17P2. The molecule has 0 aliphatic carbocycles. The molecule has 5 atom stereocenters. The zero-order chi connectivity index (χ0) is 68.2. The van der Waals surface area contributed by atoms with Crippen molar-refractivity contribution in [3.05, 3.63) is 0 Å². The lowest BCUT2D eigenvalue weighted by Gasteiger charge is -2.21. The summed E-state index contributed by atoms with van der Waals surface area (Å²) in [5.74, 6) is -2.11. The minimum Gasteiger partial charge on any atom is -0.462 e. The molecule has 0 saturated carbocycles. The van der Waals surface area contributed by atoms with Gasteiger partial charge in [-0.3, -0.25) is 37.3 Å². The van der Waals surface area contributed by atoms with Crippen LogP contribution < -0.4 is 0 Å². The lowest BCUT2D eigenvalue weighted by Crippen LogP contribution is -2.30. The Morgan fingerprint density at radius 2 is 0.430 bits per heavy atom. The number of phosphoric acid groups is 2. The summed E-state index contributed by atoms with van der Waals surface area (Å²) in [6, 6.07) is 0. The molecule has 17 nitrogen and oxygen atoms in total. The summed E-state index contributed by atoms with van der Waals surface area (Å²) < 4.78 is 68.4. The normalized spacial score (nSPS) is 13.9. The first-order chi connectivity index (χ1) is 45.2. The van der Waals surface area contributed by atoms with Crippen LogP contribution in [0.4, 0.5) is 0 Å². The molecule has 0 spiro atoms. The summed E-state index contributed by atoms with van der Waals surface area (Å²) in [5.41, 5.74) is 0. The highest BCUT2D eigenvalue weighted by Crippen LogP contribution is 2.45. The van der Waals surface area contributed by atoms with Gasteiger partial charge in [-0.05, 0) is 25.7 Å². The van der Waals surface area contributed by atoms with Crippen LogP contribution in [0.3, 0.4) is 0 Å². The van der Waals surface area contributed by atoms with Crippen LogP contribution in [-0.2, 0) is 65.4 Å². The minimum atomic E-state index is -4.95. The Labute approximate surface area is 568 Å². The molecule has 0 aromatic carbocycles. The number of aliphatic hydroxyl groups excluding tert-OH is 1. The monoisotopic (exact) mass is 1370 g/mol. The standard InChI is InChI=1S/C74H144O17P2/c1-5-9-13-17-21-25-28-31-33-34-36-38-41-45-49-53-57-61-74(79)91-70(65-85-72(77)59-55-51-47-43-40-37-35-32-29-26-22-18-14-10-6-2)67-89-93(82,83)87-63-68(75)62-86-92(80,81)88-66-69(64-84-71(76)58-54-50-46-42-24-20-16-12-8-4)90-73(78)60-56-52-48-44-39-30-27-23-19-15-11-7-3/h68-70,75H,5-67H2,1-4H3,(H,80,81)(H,82,83)/t68-,69+,70+/m0/s1. The van der Waals surface area contributed by atoms with Crippen LogP contribution in [0.1, 0.15) is 394 Å². The van der Waals surface area contributed by atoms with E-state index in [1.807, 2.05) is 0 Å². The van der Waals surface area contributed by atoms with Gasteiger partial charge in [-0.1, -0.05) is 342 Å². The molecule has 0 aromatic rings. The molecule has 0 aromatic heterocycles. The molecule has 0 aliphatic rings. The molecule has 2 unspecified atom stereocenters. The number of unbranched alkanes of at least 4 members (excludes halogenated alkanes) is 49. The number of hydrogen-bond acceptors (Lipinski definition) is 15. The van der Waals surface area contributed by atoms with Gasteiger partial charge in [0.1, 0.15) is 19.3 Å². The first kappa shape index (κ1) is 91.1. The fourth-order valence-electron chi connectivity index (χ4n) is 11.4. The summed E-state index contributed by atoms with van der Waals surface area (Å²) in [5, 5.41) is 10.6. The van der Waals surface area contributed by atoms with Gasteiger partial charge in [-0.25, -0.2) is 9.13 Å². The van der Waals surface area contributed by atoms with Gasteiger partial charge >= 0.3 is 39.5 Å². The third kappa shape index (κ3) is 68.4. The van der Waals surface area contributed by atoms with Crippen molar-refractivity contribution in [3.63, 3.8) is 0 Å². The van der Waals surface area contributed by atoms with E-state index in [9.17, 15) is 43.2 Å². The Morgan fingerprint density at radius 3 is 0.634 bits per heavy atom. The SMILES string of the molecule is CCCCCCCCCCCCCCCCCCCC(=O)O[C@H](COC(=O)CCCCCCCCCCCCCCCCC)COP(=O)(O)OC[C@@H](O)COP(=O)(O)OC[C@@H](COC(=O)CCCCCCCCCCC)OC(=O)CCCCCCCCCCCCCC. The summed E-state index contributed by atoms with van der Waals surface area (Å²) in [6.45, 7) is 4.97. The van der Waals surface area contributed by atoms with E-state index >= 15 is 0 Å². The second kappa shape index (κ2) is 68.6. The van der Waals surface area contributed by atoms with E-state index in [0.717, 1.165) is 89.9 Å². The number of ether oxygens (including phenoxy) is 4. The quantitative estimate of drug-likeness (QED) is 0.0222. The van der Waals surface area contributed by atoms with Crippen molar-refractivity contribution >= 4 is 39.5 Å². The van der Waals surface area contributed by atoms with Crippen molar-refractivity contribution in [1.29, 1.82) is 0 Å². The third-order valence-corrected chi connectivity index (χ3v) is 19.3. The number of carbonyl (C=O) groups is 4. The first-order valence-corrected chi connectivity index (χ1v) is 41.8. The van der Waals surface area contributed by atoms with Crippen LogP contribution in [-0.4, -0.2) is 96.7 Å². The van der Waals surface area contributed by atoms with Gasteiger partial charge in [0.2, 0.25) is 0 Å². The molecule has 0 aliphatic heterocycles. The molecule has 93 heavy (non-hydrogen) atoms. The summed E-state index contributed by atoms with van der Waals surface area (Å²) >= 11 is 0. The van der Waals surface area contributed by atoms with Crippen LogP contribution in [0.5, 0.6) is 0 Å². The van der Waals surface area contributed by atoms with Crippen molar-refractivity contribution in [2.75, 3.05) is 39.6 Å². The first-order valence-electron chi connectivity index (χ1n) is 38.8. The van der Waals surface area contributed by atoms with Crippen molar-refractivity contribution in [1.82, 2.24) is 0 Å². The predicted octanol–water partition coefficient (Wildman–Crippen LogP) is 21.8. The lowest BCUT2D eigenvalue weighted by atomic mass is 10.0. The van der Waals surface area contributed by atoms with Crippen LogP contribution in [0.2, 0.25) is 0 Å². The largest absolute Gasteiger partial charge is 0.472 e. The Balaban J connectivity index is 5.22. The van der Waals surface area contributed by atoms with Gasteiger partial charge in [-0.15, -0.1) is 0 Å². The molecular weight excluding hydrogens is 1220 g/mol. The zero-order valence-electron chi connectivity index (χ0n) is 60.2. The van der Waals surface area contributed by atoms with Crippen molar-refractivity contribution in [3.8, 4) is 0 Å². The Morgan fingerprint density at radius 1 is 0.258 bits per heavy atom. The number of carbonyl (C=O) groups excluding carboxylic acids is 4. The maximum Gasteiger partial charge on any atom is 0.472 e. The molecule has 0 radical (unpaired) electrons. The molecule has 19 heteroatoms. The summed E-state index contributed by atoms with van der Waals surface area (Å²) in [7, 11) is -9.90. The van der Waals surface area contributed by atoms with Gasteiger partial charge in [0.25, 0.3) is 0 Å². The predicted molar refractivity (Wildman–Crippen MR) is 377 cm³/mol. The van der Waals surface area contributed by atoms with Crippen LogP contribution in [0.25, 0.3) is 0 Å². The highest BCUT2D eigenvalue weighted by molar-refractivity contribution is 7.47. The van der Waals surface area contributed by atoms with E-state index < -0.39 is 97.5 Å². The number of hydrogen-bond donors (Lipinski definition) is 3. The highest BCUT2D eigenvalue weighted by atomic mass is 31.2. The Kier molecular flexibility index (Phi) is 67.1. The van der Waals surface area contributed by atoms with Crippen LogP contribution in [0, 0.1) is 0 Å². The zero-order valence-corrected chi connectivity index (χ0v) is 62.0. The average Bonchev–Trinajstić information content (AvgIpc) is 1.98. The van der Waals surface area contributed by atoms with Gasteiger partial charge in [0.05, 0.1) is 26.4 Å². The number of rotatable bonds is 75. The fraction of sp³-hybridized carbons (Fsp3) is 0.946. The number of phosphoric ester groups is 2. The molecule has 0 rings (SSSR count). The van der Waals surface area contributed by atoms with Crippen LogP contribution in [0.15, 0.2) is 0 Å². The van der Waals surface area contributed by atoms with Crippen molar-refractivity contribution in [2.24, 2.45) is 0 Å². The molecule has 552 valence electrons. The lowest BCUT2D eigenvalue weighted by molar-refractivity contribution is -0.161. The van der Waals surface area contributed by atoms with Crippen LogP contribution >= 0.6 is 15.6 Å². The highest BCUT2D eigenvalue weighted by Gasteiger charge is 2.30. The molecule has 0 fully saturated rings. The summed E-state index contributed by atoms with van der Waals surface area (Å²) in [4.78, 5) is 72.7. The smallest absolute Gasteiger partial charge is 0.462 e. The fourth-order valence-corrected chi connectivity index (χ4v) is 13.0. The van der Waals surface area contributed by atoms with E-state index in [0.29, 0.717) is 25.7 Å². The number of esters is 4. The second-order valence-corrected chi connectivity index (χ2v) is 29.6. The van der Waals surface area contributed by atoms with Crippen molar-refractivity contribution < 1.29 is 80.2 Å². The topological polar surface area (TPSA) is 237 Å². The maximum absolute atomic E-state index is 13.1. The molecule has 0 amide bonds. The van der Waals surface area contributed by atoms with Gasteiger partial charge in [-0.2, -0.15) is 0 Å². The molecule has 0 saturated heterocycles. The van der Waals surface area contributed by atoms with Gasteiger partial charge in [0, 0.05) is 25.7 Å². The van der Waals surface area contributed by atoms with E-state index in [2.05, 4.69) is 27.7 Å². The average molecular weight is 1370 g/mol. The van der Waals surface area contributed by atoms with E-state index in [1.54, 1.807) is 0 Å². The molecule has 3 N–H and O–H groups in total. The second-order valence-electron chi connectivity index (χ2n) is 26.7. The third-order valence-electron chi connectivity index (χ3n) is 17.4.